The Morgan fingerprint density at radius 2 is 2.17 bits per heavy atom. The first-order chi connectivity index (χ1) is 5.74. The summed E-state index contributed by atoms with van der Waals surface area (Å²) in [6.45, 7) is 2.91. The molecule has 0 heterocycles. The van der Waals surface area contributed by atoms with E-state index < -0.39 is 0 Å². The van der Waals surface area contributed by atoms with Crippen LogP contribution in [-0.2, 0) is 6.42 Å². The Kier molecular flexibility index (Phi) is 3.76. The molecule has 1 aromatic rings. The van der Waals surface area contributed by atoms with Crippen LogP contribution in [0.25, 0.3) is 0 Å². The van der Waals surface area contributed by atoms with Crippen molar-refractivity contribution in [1.82, 2.24) is 0 Å². The summed E-state index contributed by atoms with van der Waals surface area (Å²) < 4.78 is 1.15. The molecule has 0 unspecified atom stereocenters. The largest absolute Gasteiger partial charge is 0.330 e. The fraction of sp³-hybridized carbons (Fsp3) is 0.400. The van der Waals surface area contributed by atoms with Gasteiger partial charge >= 0.3 is 0 Å². The molecule has 0 amide bonds. The third kappa shape index (κ3) is 2.61. The fourth-order valence-corrected chi connectivity index (χ4v) is 1.61. The second kappa shape index (κ2) is 4.63. The van der Waals surface area contributed by atoms with Crippen LogP contribution in [0.4, 0.5) is 0 Å². The summed E-state index contributed by atoms with van der Waals surface area (Å²) >= 11 is 3.46. The molecule has 0 aromatic heterocycles. The normalized spacial score (nSPS) is 10.2. The van der Waals surface area contributed by atoms with Crippen LogP contribution in [0.2, 0.25) is 0 Å². The van der Waals surface area contributed by atoms with Crippen molar-refractivity contribution in [2.45, 2.75) is 19.8 Å². The van der Waals surface area contributed by atoms with Gasteiger partial charge in [-0.05, 0) is 49.6 Å². The second-order valence-electron chi connectivity index (χ2n) is 2.96. The van der Waals surface area contributed by atoms with Crippen molar-refractivity contribution in [2.24, 2.45) is 5.73 Å². The van der Waals surface area contributed by atoms with Gasteiger partial charge in [0.25, 0.3) is 0 Å². The first-order valence-electron chi connectivity index (χ1n) is 4.19. The zero-order valence-corrected chi connectivity index (χ0v) is 8.89. The van der Waals surface area contributed by atoms with Gasteiger partial charge in [-0.2, -0.15) is 0 Å². The molecule has 1 rings (SSSR count). The molecule has 0 aliphatic carbocycles. The smallest absolute Gasteiger partial charge is 0.0178 e. The lowest BCUT2D eigenvalue weighted by Crippen LogP contribution is -2.01. The van der Waals surface area contributed by atoms with Gasteiger partial charge in [-0.25, -0.2) is 0 Å². The maximum absolute atomic E-state index is 5.45. The predicted octanol–water partition coefficient (Wildman–Crippen LogP) is 2.65. The van der Waals surface area contributed by atoms with Crippen molar-refractivity contribution in [3.05, 3.63) is 33.8 Å². The van der Waals surface area contributed by atoms with E-state index in [4.69, 9.17) is 5.73 Å². The molecular weight excluding hydrogens is 214 g/mol. The van der Waals surface area contributed by atoms with E-state index in [1.165, 1.54) is 11.1 Å². The lowest BCUT2D eigenvalue weighted by Gasteiger charge is -2.04. The van der Waals surface area contributed by atoms with Gasteiger partial charge in [0.1, 0.15) is 0 Å². The van der Waals surface area contributed by atoms with E-state index in [1.807, 2.05) is 0 Å². The van der Waals surface area contributed by atoms with Crippen LogP contribution in [-0.4, -0.2) is 6.54 Å². The van der Waals surface area contributed by atoms with Gasteiger partial charge in [0.15, 0.2) is 0 Å². The zero-order valence-electron chi connectivity index (χ0n) is 7.31. The third-order valence-electron chi connectivity index (χ3n) is 1.96. The summed E-state index contributed by atoms with van der Waals surface area (Å²) in [6, 6.07) is 6.38. The topological polar surface area (TPSA) is 26.0 Å². The van der Waals surface area contributed by atoms with Crippen molar-refractivity contribution in [1.29, 1.82) is 0 Å². The lowest BCUT2D eigenvalue weighted by molar-refractivity contribution is 0.827. The highest BCUT2D eigenvalue weighted by molar-refractivity contribution is 9.10. The number of nitrogens with two attached hydrogens (primary N) is 1. The van der Waals surface area contributed by atoms with E-state index in [9.17, 15) is 0 Å². The Morgan fingerprint density at radius 1 is 1.42 bits per heavy atom. The van der Waals surface area contributed by atoms with E-state index in [-0.39, 0.29) is 0 Å². The summed E-state index contributed by atoms with van der Waals surface area (Å²) in [7, 11) is 0. The van der Waals surface area contributed by atoms with Crippen molar-refractivity contribution >= 4 is 15.9 Å². The molecule has 2 N–H and O–H groups in total. The van der Waals surface area contributed by atoms with Gasteiger partial charge < -0.3 is 5.73 Å². The number of aryl methyl sites for hydroxylation is 2. The molecule has 0 bridgehead atoms. The molecular formula is C10H14BrN. The molecule has 1 nitrogen and oxygen atoms in total. The van der Waals surface area contributed by atoms with Gasteiger partial charge in [0.05, 0.1) is 0 Å². The van der Waals surface area contributed by atoms with Crippen LogP contribution >= 0.6 is 15.9 Å². The molecule has 0 aliphatic heterocycles. The van der Waals surface area contributed by atoms with Gasteiger partial charge in [-0.3, -0.25) is 0 Å². The molecule has 66 valence electrons. The Hall–Kier alpha value is -0.340. The molecule has 0 atom stereocenters. The van der Waals surface area contributed by atoms with Crippen molar-refractivity contribution in [3.63, 3.8) is 0 Å². The molecule has 0 saturated heterocycles. The SMILES string of the molecule is Cc1ccc(Br)cc1CCCN. The van der Waals surface area contributed by atoms with Crippen LogP contribution in [0, 0.1) is 6.92 Å². The highest BCUT2D eigenvalue weighted by atomic mass is 79.9. The second-order valence-corrected chi connectivity index (χ2v) is 3.88. The van der Waals surface area contributed by atoms with Crippen molar-refractivity contribution in [2.75, 3.05) is 6.54 Å². The average Bonchev–Trinajstić information content (AvgIpc) is 2.07. The average molecular weight is 228 g/mol. The number of benzene rings is 1. The molecule has 12 heavy (non-hydrogen) atoms. The minimum absolute atomic E-state index is 0.770. The summed E-state index contributed by atoms with van der Waals surface area (Å²) in [5.74, 6) is 0. The van der Waals surface area contributed by atoms with E-state index in [0.717, 1.165) is 23.9 Å². The number of rotatable bonds is 3. The van der Waals surface area contributed by atoms with E-state index in [2.05, 4.69) is 41.1 Å². The Balaban J connectivity index is 2.75. The van der Waals surface area contributed by atoms with Gasteiger partial charge in [0.2, 0.25) is 0 Å². The van der Waals surface area contributed by atoms with Crippen LogP contribution < -0.4 is 5.73 Å². The monoisotopic (exact) mass is 227 g/mol. The van der Waals surface area contributed by atoms with E-state index in [0.29, 0.717) is 0 Å². The summed E-state index contributed by atoms with van der Waals surface area (Å²) in [5.41, 5.74) is 8.20. The third-order valence-corrected chi connectivity index (χ3v) is 2.45. The lowest BCUT2D eigenvalue weighted by atomic mass is 10.0. The molecule has 0 radical (unpaired) electrons. The maximum atomic E-state index is 5.45. The van der Waals surface area contributed by atoms with Gasteiger partial charge in [-0.15, -0.1) is 0 Å². The van der Waals surface area contributed by atoms with Gasteiger partial charge in [-0.1, -0.05) is 22.0 Å². The first-order valence-corrected chi connectivity index (χ1v) is 4.98. The molecule has 1 aromatic carbocycles. The Bertz CT molecular complexity index is 258. The zero-order chi connectivity index (χ0) is 8.97. The summed E-state index contributed by atoms with van der Waals surface area (Å²) in [4.78, 5) is 0. The summed E-state index contributed by atoms with van der Waals surface area (Å²) in [5, 5.41) is 0. The number of hydrogen-bond acceptors (Lipinski definition) is 1. The Labute approximate surface area is 82.1 Å². The maximum Gasteiger partial charge on any atom is 0.0178 e. The van der Waals surface area contributed by atoms with Crippen molar-refractivity contribution < 1.29 is 0 Å². The van der Waals surface area contributed by atoms with Crippen LogP contribution in [0.3, 0.4) is 0 Å². The van der Waals surface area contributed by atoms with Crippen LogP contribution in [0.15, 0.2) is 22.7 Å². The quantitative estimate of drug-likeness (QED) is 0.845. The molecule has 0 fully saturated rings. The predicted molar refractivity (Wildman–Crippen MR) is 56.3 cm³/mol. The highest BCUT2D eigenvalue weighted by Gasteiger charge is 1.97. The highest BCUT2D eigenvalue weighted by Crippen LogP contribution is 2.16. The van der Waals surface area contributed by atoms with Gasteiger partial charge in [0, 0.05) is 4.47 Å². The molecule has 0 saturated carbocycles. The van der Waals surface area contributed by atoms with Crippen molar-refractivity contribution in [3.8, 4) is 0 Å². The van der Waals surface area contributed by atoms with E-state index in [1.54, 1.807) is 0 Å². The number of halogens is 1. The molecule has 0 aliphatic rings. The molecule has 0 spiro atoms. The number of hydrogen-bond donors (Lipinski definition) is 1. The standard InChI is InChI=1S/C10H14BrN/c1-8-4-5-10(11)7-9(8)3-2-6-12/h4-5,7H,2-3,6,12H2,1H3. The minimum atomic E-state index is 0.770. The van der Waals surface area contributed by atoms with Crippen LogP contribution in [0.1, 0.15) is 17.5 Å². The van der Waals surface area contributed by atoms with Crippen LogP contribution in [0.5, 0.6) is 0 Å². The minimum Gasteiger partial charge on any atom is -0.330 e. The summed E-state index contributed by atoms with van der Waals surface area (Å²) in [6.07, 6.45) is 2.15. The Morgan fingerprint density at radius 3 is 2.83 bits per heavy atom. The first kappa shape index (κ1) is 9.75. The fourth-order valence-electron chi connectivity index (χ4n) is 1.20. The molecule has 2 heteroatoms. The van der Waals surface area contributed by atoms with E-state index >= 15 is 0 Å².